The molecule has 1 aromatic carbocycles. The number of isothiocyanates is 1. The Labute approximate surface area is 88.6 Å². The predicted octanol–water partition coefficient (Wildman–Crippen LogP) is 2.74. The highest BCUT2D eigenvalue weighted by Crippen LogP contribution is 2.27. The van der Waals surface area contributed by atoms with Crippen LogP contribution >= 0.6 is 12.2 Å². The van der Waals surface area contributed by atoms with E-state index < -0.39 is 0 Å². The average molecular weight is 203 g/mol. The molecule has 0 N–H and O–H groups in total. The Morgan fingerprint density at radius 2 is 2.36 bits per heavy atom. The minimum Gasteiger partial charge on any atom is -0.479 e. The van der Waals surface area contributed by atoms with Crippen LogP contribution in [0.3, 0.4) is 0 Å². The van der Waals surface area contributed by atoms with Crippen LogP contribution < -0.4 is 4.74 Å². The number of hydrogen-bond acceptors (Lipinski definition) is 3. The summed E-state index contributed by atoms with van der Waals surface area (Å²) >= 11 is 4.53. The van der Waals surface area contributed by atoms with Crippen molar-refractivity contribution in [2.24, 2.45) is 4.99 Å². The smallest absolute Gasteiger partial charge is 0.148 e. The second-order valence-electron chi connectivity index (χ2n) is 2.67. The lowest BCUT2D eigenvalue weighted by Crippen LogP contribution is -1.93. The van der Waals surface area contributed by atoms with Crippen LogP contribution in [0.15, 0.2) is 23.2 Å². The summed E-state index contributed by atoms with van der Waals surface area (Å²) in [5, 5.41) is 2.30. The molecule has 3 heteroatoms. The predicted molar refractivity (Wildman–Crippen MR) is 60.2 cm³/mol. The molecule has 0 aromatic heterocycles. The molecule has 0 atom stereocenters. The lowest BCUT2D eigenvalue weighted by atomic mass is 10.2. The molecule has 2 nitrogen and oxygen atoms in total. The van der Waals surface area contributed by atoms with Crippen molar-refractivity contribution < 1.29 is 4.74 Å². The Morgan fingerprint density at radius 1 is 1.57 bits per heavy atom. The molecular formula is C11H9NOS. The maximum absolute atomic E-state index is 5.30. The first-order valence-corrected chi connectivity index (χ1v) is 4.43. The molecule has 70 valence electrons. The minimum absolute atomic E-state index is 0.226. The fourth-order valence-corrected chi connectivity index (χ4v) is 1.10. The van der Waals surface area contributed by atoms with Crippen molar-refractivity contribution in [3.05, 3.63) is 23.8 Å². The quantitative estimate of drug-likeness (QED) is 0.428. The summed E-state index contributed by atoms with van der Waals surface area (Å²) in [7, 11) is 0. The number of nitrogens with zero attached hydrogens (tertiary/aromatic N) is 1. The van der Waals surface area contributed by atoms with Gasteiger partial charge in [0.25, 0.3) is 0 Å². The molecule has 0 aliphatic heterocycles. The third-order valence-corrected chi connectivity index (χ3v) is 1.68. The van der Waals surface area contributed by atoms with Crippen molar-refractivity contribution in [1.82, 2.24) is 0 Å². The van der Waals surface area contributed by atoms with E-state index in [0.29, 0.717) is 11.4 Å². The minimum atomic E-state index is 0.226. The van der Waals surface area contributed by atoms with E-state index in [1.807, 2.05) is 25.1 Å². The van der Waals surface area contributed by atoms with Gasteiger partial charge in [0.2, 0.25) is 0 Å². The third-order valence-electron chi connectivity index (χ3n) is 1.59. The van der Waals surface area contributed by atoms with Crippen LogP contribution in [-0.4, -0.2) is 11.8 Å². The molecule has 1 rings (SSSR count). The van der Waals surface area contributed by atoms with E-state index in [4.69, 9.17) is 11.2 Å². The molecule has 0 saturated carbocycles. The van der Waals surface area contributed by atoms with Crippen LogP contribution in [0.1, 0.15) is 5.56 Å². The van der Waals surface area contributed by atoms with Gasteiger partial charge in [0.1, 0.15) is 18.0 Å². The molecule has 1 aromatic rings. The highest BCUT2D eigenvalue weighted by molar-refractivity contribution is 7.78. The van der Waals surface area contributed by atoms with E-state index in [9.17, 15) is 0 Å². The molecule has 0 bridgehead atoms. The average Bonchev–Trinajstić information content (AvgIpc) is 2.18. The molecule has 0 aliphatic rings. The van der Waals surface area contributed by atoms with Crippen LogP contribution in [0.25, 0.3) is 0 Å². The second kappa shape index (κ2) is 5.18. The zero-order valence-corrected chi connectivity index (χ0v) is 8.60. The fourth-order valence-electron chi connectivity index (χ4n) is 0.998. The Morgan fingerprint density at radius 3 is 3.00 bits per heavy atom. The van der Waals surface area contributed by atoms with Gasteiger partial charge in [-0.25, -0.2) is 0 Å². The van der Waals surface area contributed by atoms with Crippen LogP contribution in [0.4, 0.5) is 5.69 Å². The largest absolute Gasteiger partial charge is 0.479 e. The Bertz CT molecular complexity index is 414. The Balaban J connectivity index is 3.03. The molecule has 0 unspecified atom stereocenters. The first-order chi connectivity index (χ1) is 6.77. The first kappa shape index (κ1) is 10.5. The number of rotatable bonds is 3. The number of aryl methyl sites for hydroxylation is 1. The number of aliphatic imine (C=N–C) groups is 1. The van der Waals surface area contributed by atoms with Crippen LogP contribution in [0.2, 0.25) is 0 Å². The lowest BCUT2D eigenvalue weighted by molar-refractivity contribution is 0.371. The van der Waals surface area contributed by atoms with Crippen LogP contribution in [-0.2, 0) is 0 Å². The maximum atomic E-state index is 5.30. The van der Waals surface area contributed by atoms with Crippen molar-refractivity contribution in [2.45, 2.75) is 6.92 Å². The number of hydrogen-bond donors (Lipinski definition) is 0. The molecule has 0 aliphatic carbocycles. The highest BCUT2D eigenvalue weighted by atomic mass is 32.1. The van der Waals surface area contributed by atoms with Gasteiger partial charge in [-0.05, 0) is 36.8 Å². The van der Waals surface area contributed by atoms with Crippen LogP contribution in [0, 0.1) is 19.3 Å². The summed E-state index contributed by atoms with van der Waals surface area (Å²) < 4.78 is 5.30. The Hall–Kier alpha value is -1.62. The van der Waals surface area contributed by atoms with Gasteiger partial charge in [-0.2, -0.15) is 4.99 Å². The van der Waals surface area contributed by atoms with Crippen molar-refractivity contribution in [3.8, 4) is 18.1 Å². The van der Waals surface area contributed by atoms with Gasteiger partial charge >= 0.3 is 0 Å². The maximum Gasteiger partial charge on any atom is 0.148 e. The van der Waals surface area contributed by atoms with Crippen molar-refractivity contribution >= 4 is 23.1 Å². The number of terminal acetylenes is 1. The third kappa shape index (κ3) is 2.70. The molecule has 0 radical (unpaired) electrons. The zero-order chi connectivity index (χ0) is 10.4. The van der Waals surface area contributed by atoms with Crippen molar-refractivity contribution in [1.29, 1.82) is 0 Å². The number of ether oxygens (including phenoxy) is 1. The molecule has 0 spiro atoms. The monoisotopic (exact) mass is 203 g/mol. The molecule has 0 amide bonds. The van der Waals surface area contributed by atoms with Gasteiger partial charge in [0.15, 0.2) is 0 Å². The van der Waals surface area contributed by atoms with E-state index in [1.54, 1.807) is 0 Å². The fraction of sp³-hybridized carbons (Fsp3) is 0.182. The van der Waals surface area contributed by atoms with Gasteiger partial charge in [0, 0.05) is 0 Å². The zero-order valence-electron chi connectivity index (χ0n) is 7.78. The van der Waals surface area contributed by atoms with E-state index in [-0.39, 0.29) is 6.61 Å². The molecular weight excluding hydrogens is 194 g/mol. The number of thiocarbonyl (C=S) groups is 1. The van der Waals surface area contributed by atoms with E-state index in [0.717, 1.165) is 5.56 Å². The molecule has 0 heterocycles. The van der Waals surface area contributed by atoms with Gasteiger partial charge in [0.05, 0.1) is 5.16 Å². The Kier molecular flexibility index (Phi) is 3.87. The van der Waals surface area contributed by atoms with Crippen molar-refractivity contribution in [2.75, 3.05) is 6.61 Å². The van der Waals surface area contributed by atoms with Gasteiger partial charge in [-0.3, -0.25) is 0 Å². The summed E-state index contributed by atoms with van der Waals surface area (Å²) in [4.78, 5) is 3.87. The molecule has 0 saturated heterocycles. The first-order valence-electron chi connectivity index (χ1n) is 4.02. The van der Waals surface area contributed by atoms with Crippen molar-refractivity contribution in [3.63, 3.8) is 0 Å². The summed E-state index contributed by atoms with van der Waals surface area (Å²) in [6.45, 7) is 2.19. The topological polar surface area (TPSA) is 21.6 Å². The van der Waals surface area contributed by atoms with Crippen LogP contribution in [0.5, 0.6) is 5.75 Å². The van der Waals surface area contributed by atoms with Gasteiger partial charge in [-0.15, -0.1) is 6.42 Å². The summed E-state index contributed by atoms with van der Waals surface area (Å²) in [6, 6.07) is 5.61. The summed E-state index contributed by atoms with van der Waals surface area (Å²) in [6.07, 6.45) is 5.10. The lowest BCUT2D eigenvalue weighted by Gasteiger charge is -2.05. The standard InChI is InChI=1S/C11H9NOS/c1-3-6-13-11-7-9(2)4-5-10(11)12-8-14/h1,4-5,7H,6H2,2H3. The number of benzene rings is 1. The van der Waals surface area contributed by atoms with E-state index >= 15 is 0 Å². The van der Waals surface area contributed by atoms with E-state index in [2.05, 4.69) is 28.3 Å². The van der Waals surface area contributed by atoms with Gasteiger partial charge < -0.3 is 4.74 Å². The molecule has 14 heavy (non-hydrogen) atoms. The normalized spacial score (nSPS) is 8.57. The van der Waals surface area contributed by atoms with Gasteiger partial charge in [-0.1, -0.05) is 12.0 Å². The second-order valence-corrected chi connectivity index (χ2v) is 2.85. The molecule has 0 fully saturated rings. The summed E-state index contributed by atoms with van der Waals surface area (Å²) in [5.41, 5.74) is 1.74. The SMILES string of the molecule is C#CCOc1cc(C)ccc1N=C=S. The highest BCUT2D eigenvalue weighted by Gasteiger charge is 2.01. The summed E-state index contributed by atoms with van der Waals surface area (Å²) in [5.74, 6) is 3.03. The van der Waals surface area contributed by atoms with E-state index in [1.165, 1.54) is 0 Å².